The second-order valence-corrected chi connectivity index (χ2v) is 5.22. The van der Waals surface area contributed by atoms with Gasteiger partial charge in [-0.05, 0) is 25.0 Å². The Morgan fingerprint density at radius 2 is 1.90 bits per heavy atom. The molecule has 0 saturated heterocycles. The summed E-state index contributed by atoms with van der Waals surface area (Å²) in [6.07, 6.45) is 2.14. The van der Waals surface area contributed by atoms with Gasteiger partial charge in [-0.3, -0.25) is 9.59 Å². The van der Waals surface area contributed by atoms with Crippen LogP contribution in [0.1, 0.15) is 25.7 Å². The van der Waals surface area contributed by atoms with Gasteiger partial charge in [0.25, 0.3) is 0 Å². The highest BCUT2D eigenvalue weighted by Gasteiger charge is 2.39. The summed E-state index contributed by atoms with van der Waals surface area (Å²) in [4.78, 5) is 25.5. The Hall–Kier alpha value is -2.35. The van der Waals surface area contributed by atoms with Crippen molar-refractivity contribution in [3.8, 4) is 6.07 Å². The van der Waals surface area contributed by atoms with Crippen LogP contribution >= 0.6 is 0 Å². The minimum absolute atomic E-state index is 0.179. The molecule has 2 rings (SSSR count). The molecule has 5 heteroatoms. The summed E-state index contributed by atoms with van der Waals surface area (Å²) in [6, 6.07) is 11.2. The van der Waals surface area contributed by atoms with Gasteiger partial charge < -0.3 is 10.0 Å². The zero-order valence-corrected chi connectivity index (χ0v) is 11.7. The number of benzene rings is 1. The van der Waals surface area contributed by atoms with E-state index in [0.29, 0.717) is 25.1 Å². The largest absolute Gasteiger partial charge is 0.481 e. The van der Waals surface area contributed by atoms with Gasteiger partial charge in [0.05, 0.1) is 24.3 Å². The number of nitriles is 1. The topological polar surface area (TPSA) is 81.4 Å². The first-order chi connectivity index (χ1) is 10.1. The minimum atomic E-state index is -0.904. The summed E-state index contributed by atoms with van der Waals surface area (Å²) >= 11 is 0. The van der Waals surface area contributed by atoms with Gasteiger partial charge in [0.1, 0.15) is 0 Å². The molecule has 0 heterocycles. The number of nitrogens with zero attached hydrogens (tertiary/aromatic N) is 2. The molecule has 21 heavy (non-hydrogen) atoms. The molecule has 0 spiro atoms. The molecule has 1 aromatic rings. The second-order valence-electron chi connectivity index (χ2n) is 5.22. The zero-order chi connectivity index (χ0) is 15.2. The van der Waals surface area contributed by atoms with Crippen LogP contribution < -0.4 is 4.90 Å². The lowest BCUT2D eigenvalue weighted by Gasteiger charge is -2.26. The maximum atomic E-state index is 12.7. The Morgan fingerprint density at radius 1 is 1.24 bits per heavy atom. The van der Waals surface area contributed by atoms with Gasteiger partial charge in [0, 0.05) is 12.2 Å². The molecule has 5 nitrogen and oxygen atoms in total. The van der Waals surface area contributed by atoms with Crippen molar-refractivity contribution in [2.24, 2.45) is 11.8 Å². The van der Waals surface area contributed by atoms with Crippen molar-refractivity contribution in [2.45, 2.75) is 25.7 Å². The predicted molar refractivity (Wildman–Crippen MR) is 77.5 cm³/mol. The van der Waals surface area contributed by atoms with Crippen LogP contribution in [0.4, 0.5) is 5.69 Å². The lowest BCUT2D eigenvalue weighted by atomic mass is 9.94. The maximum absolute atomic E-state index is 12.7. The summed E-state index contributed by atoms with van der Waals surface area (Å²) in [5, 5.41) is 18.0. The minimum Gasteiger partial charge on any atom is -0.481 e. The van der Waals surface area contributed by atoms with Gasteiger partial charge in [-0.25, -0.2) is 0 Å². The second kappa shape index (κ2) is 6.89. The van der Waals surface area contributed by atoms with Crippen LogP contribution in [0.3, 0.4) is 0 Å². The highest BCUT2D eigenvalue weighted by molar-refractivity contribution is 5.97. The molecule has 1 amide bonds. The van der Waals surface area contributed by atoms with Crippen molar-refractivity contribution in [1.82, 2.24) is 0 Å². The molecule has 1 saturated carbocycles. The first-order valence-electron chi connectivity index (χ1n) is 7.11. The molecular formula is C16H18N2O3. The fraction of sp³-hybridized carbons (Fsp3) is 0.438. The van der Waals surface area contributed by atoms with Crippen molar-refractivity contribution >= 4 is 17.6 Å². The number of rotatable bonds is 5. The van der Waals surface area contributed by atoms with E-state index in [1.807, 2.05) is 24.3 Å². The number of carboxylic acid groups (broad SMARTS) is 1. The number of carboxylic acids is 1. The van der Waals surface area contributed by atoms with E-state index in [1.165, 1.54) is 0 Å². The quantitative estimate of drug-likeness (QED) is 0.901. The first-order valence-corrected chi connectivity index (χ1v) is 7.11. The number of hydrogen-bond donors (Lipinski definition) is 1. The third-order valence-electron chi connectivity index (χ3n) is 3.93. The Kier molecular flexibility index (Phi) is 4.94. The van der Waals surface area contributed by atoms with Crippen molar-refractivity contribution in [2.75, 3.05) is 11.4 Å². The molecule has 2 atom stereocenters. The van der Waals surface area contributed by atoms with Crippen LogP contribution in [-0.4, -0.2) is 23.5 Å². The maximum Gasteiger partial charge on any atom is 0.307 e. The van der Waals surface area contributed by atoms with Crippen LogP contribution in [0, 0.1) is 23.2 Å². The SMILES string of the molecule is N#CCCN(C(=O)[C@@H]1CCC[C@@H]1C(=O)O)c1ccccc1. The fourth-order valence-electron chi connectivity index (χ4n) is 2.89. The number of amides is 1. The van der Waals surface area contributed by atoms with Crippen LogP contribution in [0.5, 0.6) is 0 Å². The molecule has 1 N–H and O–H groups in total. The number of hydrogen-bond acceptors (Lipinski definition) is 3. The molecule has 110 valence electrons. The van der Waals surface area contributed by atoms with Gasteiger partial charge in [-0.15, -0.1) is 0 Å². The molecule has 1 aromatic carbocycles. The number of carbonyl (C=O) groups excluding carboxylic acids is 1. The van der Waals surface area contributed by atoms with Gasteiger partial charge in [-0.2, -0.15) is 5.26 Å². The predicted octanol–water partition coefficient (Wildman–Crippen LogP) is 2.43. The lowest BCUT2D eigenvalue weighted by Crippen LogP contribution is -2.40. The van der Waals surface area contributed by atoms with Crippen LogP contribution in [0.15, 0.2) is 30.3 Å². The zero-order valence-electron chi connectivity index (χ0n) is 11.7. The Morgan fingerprint density at radius 3 is 2.52 bits per heavy atom. The van der Waals surface area contributed by atoms with E-state index in [4.69, 9.17) is 5.26 Å². The van der Waals surface area contributed by atoms with Gasteiger partial charge in [0.15, 0.2) is 0 Å². The molecule has 0 bridgehead atoms. The number of anilines is 1. The molecule has 0 unspecified atom stereocenters. The number of aliphatic carboxylic acids is 1. The van der Waals surface area contributed by atoms with E-state index in [1.54, 1.807) is 17.0 Å². The van der Waals surface area contributed by atoms with Crippen LogP contribution in [0.25, 0.3) is 0 Å². The summed E-state index contributed by atoms with van der Waals surface area (Å²) in [5.41, 5.74) is 0.716. The standard InChI is InChI=1S/C16H18N2O3/c17-10-5-11-18(12-6-2-1-3-7-12)15(19)13-8-4-9-14(13)16(20)21/h1-3,6-7,13-14H,4-5,8-9,11H2,(H,20,21)/t13-,14+/m1/s1. The van der Waals surface area contributed by atoms with E-state index in [9.17, 15) is 14.7 Å². The Bertz CT molecular complexity index is 550. The lowest BCUT2D eigenvalue weighted by molar-refractivity contribution is -0.145. The average Bonchev–Trinajstić information content (AvgIpc) is 2.98. The summed E-state index contributed by atoms with van der Waals surface area (Å²) < 4.78 is 0. The van der Waals surface area contributed by atoms with Gasteiger partial charge >= 0.3 is 5.97 Å². The number of para-hydroxylation sites is 1. The third-order valence-corrected chi connectivity index (χ3v) is 3.93. The molecule has 1 fully saturated rings. The smallest absolute Gasteiger partial charge is 0.307 e. The summed E-state index contributed by atoms with van der Waals surface area (Å²) in [6.45, 7) is 0.294. The molecule has 1 aliphatic carbocycles. The monoisotopic (exact) mass is 286 g/mol. The van der Waals surface area contributed by atoms with Gasteiger partial charge in [0.2, 0.25) is 5.91 Å². The third kappa shape index (κ3) is 3.40. The van der Waals surface area contributed by atoms with E-state index in [2.05, 4.69) is 0 Å². The van der Waals surface area contributed by atoms with Crippen molar-refractivity contribution in [3.63, 3.8) is 0 Å². The normalized spacial score (nSPS) is 20.7. The summed E-state index contributed by atoms with van der Waals surface area (Å²) in [5.74, 6) is -2.17. The Labute approximate surface area is 123 Å². The van der Waals surface area contributed by atoms with Gasteiger partial charge in [-0.1, -0.05) is 24.6 Å². The van der Waals surface area contributed by atoms with Crippen molar-refractivity contribution < 1.29 is 14.7 Å². The molecule has 0 aliphatic heterocycles. The van der Waals surface area contributed by atoms with E-state index < -0.39 is 17.8 Å². The molecule has 1 aliphatic rings. The highest BCUT2D eigenvalue weighted by Crippen LogP contribution is 2.34. The highest BCUT2D eigenvalue weighted by atomic mass is 16.4. The van der Waals surface area contributed by atoms with E-state index in [-0.39, 0.29) is 12.3 Å². The average molecular weight is 286 g/mol. The molecular weight excluding hydrogens is 268 g/mol. The van der Waals surface area contributed by atoms with Crippen LogP contribution in [-0.2, 0) is 9.59 Å². The Balaban J connectivity index is 2.22. The van der Waals surface area contributed by atoms with Crippen molar-refractivity contribution in [3.05, 3.63) is 30.3 Å². The first kappa shape index (κ1) is 15.0. The van der Waals surface area contributed by atoms with E-state index >= 15 is 0 Å². The molecule has 0 radical (unpaired) electrons. The van der Waals surface area contributed by atoms with E-state index in [0.717, 1.165) is 6.42 Å². The molecule has 0 aromatic heterocycles. The van der Waals surface area contributed by atoms with Crippen LogP contribution in [0.2, 0.25) is 0 Å². The summed E-state index contributed by atoms with van der Waals surface area (Å²) in [7, 11) is 0. The number of carbonyl (C=O) groups is 2. The van der Waals surface area contributed by atoms with Crippen molar-refractivity contribution in [1.29, 1.82) is 5.26 Å². The fourth-order valence-corrected chi connectivity index (χ4v) is 2.89.